The lowest BCUT2D eigenvalue weighted by Gasteiger charge is -2.30. The first kappa shape index (κ1) is 16.3. The zero-order valence-corrected chi connectivity index (χ0v) is 14.2. The van der Waals surface area contributed by atoms with Crippen LogP contribution < -0.4 is 5.73 Å². The summed E-state index contributed by atoms with van der Waals surface area (Å²) in [6, 6.07) is 16.2. The standard InChI is InChI=1S/C21H22FN3/c22-20-10-14(5-6-16(20)12-23)9-19-18-4-2-1-3-15(18)11-21(19)25-8-7-17(24)13-25/h1-6,10,17,19,21H,7-9,11,13,24H2. The number of likely N-dealkylation sites (tertiary alicyclic amines) is 1. The lowest BCUT2D eigenvalue weighted by molar-refractivity contribution is 0.217. The Balaban J connectivity index is 1.64. The van der Waals surface area contributed by atoms with Crippen LogP contribution in [-0.2, 0) is 12.8 Å². The summed E-state index contributed by atoms with van der Waals surface area (Å²) in [5.41, 5.74) is 9.95. The Kier molecular flexibility index (Phi) is 4.29. The average molecular weight is 335 g/mol. The molecule has 4 rings (SSSR count). The highest BCUT2D eigenvalue weighted by Gasteiger charge is 2.38. The van der Waals surface area contributed by atoms with Crippen molar-refractivity contribution in [2.75, 3.05) is 13.1 Å². The Hall–Kier alpha value is -2.22. The summed E-state index contributed by atoms with van der Waals surface area (Å²) in [6.45, 7) is 1.98. The van der Waals surface area contributed by atoms with Crippen LogP contribution >= 0.6 is 0 Å². The molecular weight excluding hydrogens is 313 g/mol. The molecule has 0 aromatic heterocycles. The van der Waals surface area contributed by atoms with Gasteiger partial charge in [0.25, 0.3) is 0 Å². The highest BCUT2D eigenvalue weighted by Crippen LogP contribution is 2.39. The molecule has 1 fully saturated rings. The fourth-order valence-corrected chi connectivity index (χ4v) is 4.43. The lowest BCUT2D eigenvalue weighted by atomic mass is 9.90. The summed E-state index contributed by atoms with van der Waals surface area (Å²) < 4.78 is 14.0. The third-order valence-electron chi connectivity index (χ3n) is 5.68. The van der Waals surface area contributed by atoms with Gasteiger partial charge in [-0.05, 0) is 48.1 Å². The van der Waals surface area contributed by atoms with E-state index in [2.05, 4.69) is 29.2 Å². The molecule has 0 bridgehead atoms. The Labute approximate surface area is 147 Å². The van der Waals surface area contributed by atoms with E-state index in [1.54, 1.807) is 6.07 Å². The van der Waals surface area contributed by atoms with Crippen molar-refractivity contribution in [2.45, 2.75) is 37.3 Å². The molecule has 0 radical (unpaired) electrons. The van der Waals surface area contributed by atoms with Crippen LogP contribution in [-0.4, -0.2) is 30.1 Å². The smallest absolute Gasteiger partial charge is 0.141 e. The fourth-order valence-electron chi connectivity index (χ4n) is 4.43. The zero-order chi connectivity index (χ0) is 17.4. The molecule has 1 aliphatic heterocycles. The molecule has 0 spiro atoms. The van der Waals surface area contributed by atoms with Crippen molar-refractivity contribution in [3.8, 4) is 6.07 Å². The molecule has 1 heterocycles. The van der Waals surface area contributed by atoms with Crippen molar-refractivity contribution in [3.05, 3.63) is 70.5 Å². The van der Waals surface area contributed by atoms with Gasteiger partial charge in [-0.15, -0.1) is 0 Å². The molecule has 1 aliphatic carbocycles. The maximum atomic E-state index is 14.0. The maximum Gasteiger partial charge on any atom is 0.141 e. The van der Waals surface area contributed by atoms with E-state index in [1.165, 1.54) is 17.2 Å². The van der Waals surface area contributed by atoms with E-state index in [0.29, 0.717) is 12.0 Å². The van der Waals surface area contributed by atoms with Crippen LogP contribution in [0.1, 0.15) is 34.6 Å². The van der Waals surface area contributed by atoms with Crippen molar-refractivity contribution in [3.63, 3.8) is 0 Å². The van der Waals surface area contributed by atoms with Crippen LogP contribution in [0.15, 0.2) is 42.5 Å². The van der Waals surface area contributed by atoms with Crippen LogP contribution in [0.2, 0.25) is 0 Å². The summed E-state index contributed by atoms with van der Waals surface area (Å²) in [6.07, 6.45) is 2.87. The first-order valence-corrected chi connectivity index (χ1v) is 8.91. The van der Waals surface area contributed by atoms with Crippen molar-refractivity contribution in [1.29, 1.82) is 5.26 Å². The van der Waals surface area contributed by atoms with E-state index < -0.39 is 5.82 Å². The van der Waals surface area contributed by atoms with Gasteiger partial charge in [-0.3, -0.25) is 4.90 Å². The minimum Gasteiger partial charge on any atom is -0.326 e. The second-order valence-corrected chi connectivity index (χ2v) is 7.25. The van der Waals surface area contributed by atoms with Crippen LogP contribution in [0.5, 0.6) is 0 Å². The van der Waals surface area contributed by atoms with Gasteiger partial charge in [-0.25, -0.2) is 4.39 Å². The predicted molar refractivity (Wildman–Crippen MR) is 95.7 cm³/mol. The van der Waals surface area contributed by atoms with Gasteiger partial charge >= 0.3 is 0 Å². The quantitative estimate of drug-likeness (QED) is 0.938. The van der Waals surface area contributed by atoms with Gasteiger partial charge in [0, 0.05) is 31.1 Å². The molecule has 2 aromatic rings. The van der Waals surface area contributed by atoms with Crippen molar-refractivity contribution < 1.29 is 4.39 Å². The van der Waals surface area contributed by atoms with Crippen LogP contribution in [0.4, 0.5) is 4.39 Å². The first-order valence-electron chi connectivity index (χ1n) is 8.91. The van der Waals surface area contributed by atoms with E-state index in [-0.39, 0.29) is 11.6 Å². The topological polar surface area (TPSA) is 53.0 Å². The number of hydrogen-bond donors (Lipinski definition) is 1. The summed E-state index contributed by atoms with van der Waals surface area (Å²) in [4.78, 5) is 2.51. The number of nitrogens with two attached hydrogens (primary N) is 1. The minimum atomic E-state index is -0.425. The number of nitriles is 1. The molecule has 25 heavy (non-hydrogen) atoms. The average Bonchev–Trinajstić information content (AvgIpc) is 3.19. The van der Waals surface area contributed by atoms with Gasteiger partial charge in [0.05, 0.1) is 5.56 Å². The van der Waals surface area contributed by atoms with Crippen molar-refractivity contribution in [1.82, 2.24) is 4.90 Å². The van der Waals surface area contributed by atoms with E-state index in [4.69, 9.17) is 11.0 Å². The molecular formula is C21H22FN3. The number of benzene rings is 2. The Bertz CT molecular complexity index is 826. The van der Waals surface area contributed by atoms with Crippen molar-refractivity contribution >= 4 is 0 Å². The summed E-state index contributed by atoms with van der Waals surface area (Å²) in [7, 11) is 0. The van der Waals surface area contributed by atoms with Gasteiger partial charge in [0.15, 0.2) is 0 Å². The molecule has 2 N–H and O–H groups in total. The second-order valence-electron chi connectivity index (χ2n) is 7.25. The summed E-state index contributed by atoms with van der Waals surface area (Å²) >= 11 is 0. The van der Waals surface area contributed by atoms with Gasteiger partial charge in [-0.2, -0.15) is 5.26 Å². The second kappa shape index (κ2) is 6.59. The molecule has 2 aromatic carbocycles. The van der Waals surface area contributed by atoms with Crippen molar-refractivity contribution in [2.24, 2.45) is 5.73 Å². The Morgan fingerprint density at radius 1 is 1.24 bits per heavy atom. The zero-order valence-electron chi connectivity index (χ0n) is 14.2. The normalized spacial score (nSPS) is 25.7. The summed E-state index contributed by atoms with van der Waals surface area (Å²) in [5.74, 6) is -0.0835. The highest BCUT2D eigenvalue weighted by atomic mass is 19.1. The summed E-state index contributed by atoms with van der Waals surface area (Å²) in [5, 5.41) is 8.93. The van der Waals surface area contributed by atoms with Gasteiger partial charge in [-0.1, -0.05) is 30.3 Å². The maximum absolute atomic E-state index is 14.0. The largest absolute Gasteiger partial charge is 0.326 e. The molecule has 3 unspecified atom stereocenters. The first-order chi connectivity index (χ1) is 12.2. The van der Waals surface area contributed by atoms with Crippen LogP contribution in [0, 0.1) is 17.1 Å². The monoisotopic (exact) mass is 335 g/mol. The van der Waals surface area contributed by atoms with E-state index in [9.17, 15) is 4.39 Å². The minimum absolute atomic E-state index is 0.109. The molecule has 3 nitrogen and oxygen atoms in total. The van der Waals surface area contributed by atoms with Crippen LogP contribution in [0.3, 0.4) is 0 Å². The molecule has 2 aliphatic rings. The number of rotatable bonds is 3. The van der Waals surface area contributed by atoms with Crippen LogP contribution in [0.25, 0.3) is 0 Å². The third-order valence-corrected chi connectivity index (χ3v) is 5.68. The molecule has 3 atom stereocenters. The molecule has 128 valence electrons. The van der Waals surface area contributed by atoms with Gasteiger partial charge < -0.3 is 5.73 Å². The van der Waals surface area contributed by atoms with Gasteiger partial charge in [0.1, 0.15) is 11.9 Å². The van der Waals surface area contributed by atoms with Gasteiger partial charge in [0.2, 0.25) is 0 Å². The van der Waals surface area contributed by atoms with E-state index in [0.717, 1.165) is 37.9 Å². The SMILES string of the molecule is N#Cc1ccc(CC2c3ccccc3CC2N2CCC(N)C2)cc1F. The number of fused-ring (bicyclic) bond motifs is 1. The molecule has 0 amide bonds. The molecule has 1 saturated heterocycles. The predicted octanol–water partition coefficient (Wildman–Crippen LogP) is 2.98. The fraction of sp³-hybridized carbons (Fsp3) is 0.381. The third kappa shape index (κ3) is 3.06. The number of nitrogens with zero attached hydrogens (tertiary/aromatic N) is 2. The van der Waals surface area contributed by atoms with E-state index >= 15 is 0 Å². The lowest BCUT2D eigenvalue weighted by Crippen LogP contribution is -2.39. The molecule has 4 heteroatoms. The highest BCUT2D eigenvalue weighted by molar-refractivity contribution is 5.40. The van der Waals surface area contributed by atoms with E-state index in [1.807, 2.05) is 12.1 Å². The number of hydrogen-bond acceptors (Lipinski definition) is 3. The number of halogens is 1. The Morgan fingerprint density at radius 2 is 2.08 bits per heavy atom. The molecule has 0 saturated carbocycles. The Morgan fingerprint density at radius 3 is 2.80 bits per heavy atom.